The number of nitrogens with one attached hydrogen (secondary N) is 1. The highest BCUT2D eigenvalue weighted by atomic mass is 35.5. The first-order valence-electron chi connectivity index (χ1n) is 7.97. The van der Waals surface area contributed by atoms with Crippen molar-refractivity contribution in [2.75, 3.05) is 25.0 Å². The summed E-state index contributed by atoms with van der Waals surface area (Å²) in [6.07, 6.45) is 0.878. The lowest BCUT2D eigenvalue weighted by Crippen LogP contribution is -2.44. The van der Waals surface area contributed by atoms with E-state index in [1.807, 2.05) is 20.8 Å². The Balaban J connectivity index is 2.68. The molecule has 1 atom stereocenters. The zero-order chi connectivity index (χ0) is 17.2. The number of ether oxygens (including phenoxy) is 1. The van der Waals surface area contributed by atoms with Gasteiger partial charge in [-0.15, -0.1) is 0 Å². The van der Waals surface area contributed by atoms with Gasteiger partial charge in [0.05, 0.1) is 6.54 Å². The molecule has 1 N–H and O–H groups in total. The van der Waals surface area contributed by atoms with E-state index in [2.05, 4.69) is 5.32 Å². The second kappa shape index (κ2) is 10.2. The van der Waals surface area contributed by atoms with E-state index >= 15 is 0 Å². The molecule has 1 aromatic rings. The molecule has 5 nitrogen and oxygen atoms in total. The molecule has 23 heavy (non-hydrogen) atoms. The van der Waals surface area contributed by atoms with Crippen LogP contribution < -0.4 is 5.32 Å². The molecule has 128 valence electrons. The number of benzene rings is 1. The number of nitrogens with zero attached hydrogens (tertiary/aromatic N) is 1. The van der Waals surface area contributed by atoms with Crippen molar-refractivity contribution in [3.8, 4) is 0 Å². The van der Waals surface area contributed by atoms with Gasteiger partial charge in [0, 0.05) is 23.9 Å². The van der Waals surface area contributed by atoms with Gasteiger partial charge in [0.2, 0.25) is 5.91 Å². The molecule has 1 aromatic carbocycles. The van der Waals surface area contributed by atoms with E-state index in [0.717, 1.165) is 6.42 Å². The lowest BCUT2D eigenvalue weighted by Gasteiger charge is -2.26. The highest BCUT2D eigenvalue weighted by molar-refractivity contribution is 6.30. The van der Waals surface area contributed by atoms with E-state index in [0.29, 0.717) is 30.3 Å². The highest BCUT2D eigenvalue weighted by Crippen LogP contribution is 2.13. The molecule has 0 saturated carbocycles. The molecule has 0 radical (unpaired) electrons. The molecular formula is C17H25ClN2O3. The number of amides is 2. The first-order chi connectivity index (χ1) is 11.0. The fraction of sp³-hybridized carbons (Fsp3) is 0.529. The molecular weight excluding hydrogens is 316 g/mol. The summed E-state index contributed by atoms with van der Waals surface area (Å²) in [6.45, 7) is 6.74. The van der Waals surface area contributed by atoms with E-state index in [-0.39, 0.29) is 18.4 Å². The number of halogens is 1. The van der Waals surface area contributed by atoms with Gasteiger partial charge in [0.25, 0.3) is 5.91 Å². The molecule has 0 spiro atoms. The molecule has 1 rings (SSSR count). The minimum Gasteiger partial charge on any atom is -0.369 e. The van der Waals surface area contributed by atoms with Crippen molar-refractivity contribution in [3.05, 3.63) is 29.3 Å². The first kappa shape index (κ1) is 19.5. The number of hydrogen-bond acceptors (Lipinski definition) is 3. The van der Waals surface area contributed by atoms with Gasteiger partial charge in [-0.05, 0) is 44.0 Å². The highest BCUT2D eigenvalue weighted by Gasteiger charge is 2.24. The molecule has 2 amide bonds. The Bertz CT molecular complexity index is 505. The van der Waals surface area contributed by atoms with Gasteiger partial charge in [-0.3, -0.25) is 9.59 Å². The fourth-order valence-electron chi connectivity index (χ4n) is 2.21. The van der Waals surface area contributed by atoms with Crippen LogP contribution in [0.3, 0.4) is 0 Å². The number of carbonyl (C=O) groups is 2. The van der Waals surface area contributed by atoms with Gasteiger partial charge in [-0.1, -0.05) is 25.4 Å². The van der Waals surface area contributed by atoms with Crippen LogP contribution in [-0.4, -0.2) is 42.5 Å². The molecule has 0 aliphatic rings. The van der Waals surface area contributed by atoms with E-state index in [4.69, 9.17) is 16.3 Å². The molecule has 0 fully saturated rings. The maximum Gasteiger partial charge on any atom is 0.252 e. The van der Waals surface area contributed by atoms with Crippen molar-refractivity contribution in [2.45, 2.75) is 39.7 Å². The lowest BCUT2D eigenvalue weighted by molar-refractivity contribution is -0.145. The molecule has 6 heteroatoms. The quantitative estimate of drug-likeness (QED) is 0.750. The Morgan fingerprint density at radius 1 is 1.22 bits per heavy atom. The molecule has 0 aliphatic heterocycles. The Labute approximate surface area is 142 Å². The summed E-state index contributed by atoms with van der Waals surface area (Å²) in [6, 6.07) is 6.85. The predicted octanol–water partition coefficient (Wildman–Crippen LogP) is 3.33. The van der Waals surface area contributed by atoms with Crippen LogP contribution in [0.15, 0.2) is 24.3 Å². The van der Waals surface area contributed by atoms with Crippen LogP contribution in [0.4, 0.5) is 5.69 Å². The molecule has 0 bridgehead atoms. The Morgan fingerprint density at radius 2 is 1.87 bits per heavy atom. The minimum absolute atomic E-state index is 0.0128. The summed E-state index contributed by atoms with van der Waals surface area (Å²) in [5.41, 5.74) is 0.653. The van der Waals surface area contributed by atoms with Crippen LogP contribution in [0.5, 0.6) is 0 Å². The summed E-state index contributed by atoms with van der Waals surface area (Å²) in [5.74, 6) is -0.372. The lowest BCUT2D eigenvalue weighted by atomic mass is 10.2. The monoisotopic (exact) mass is 340 g/mol. The second-order valence-corrected chi connectivity index (χ2v) is 5.60. The van der Waals surface area contributed by atoms with Crippen LogP contribution in [0.1, 0.15) is 33.6 Å². The van der Waals surface area contributed by atoms with Crippen molar-refractivity contribution < 1.29 is 14.3 Å². The SMILES string of the molecule is CCCN(CC(=O)Nc1ccc(Cl)cc1)C(=O)C(CC)OCC. The fourth-order valence-corrected chi connectivity index (χ4v) is 2.34. The molecule has 1 unspecified atom stereocenters. The van der Waals surface area contributed by atoms with Crippen molar-refractivity contribution in [1.29, 1.82) is 0 Å². The summed E-state index contributed by atoms with van der Waals surface area (Å²) in [5, 5.41) is 3.37. The smallest absolute Gasteiger partial charge is 0.252 e. The topological polar surface area (TPSA) is 58.6 Å². The normalized spacial score (nSPS) is 11.8. The Kier molecular flexibility index (Phi) is 8.66. The summed E-state index contributed by atoms with van der Waals surface area (Å²) < 4.78 is 5.46. The van der Waals surface area contributed by atoms with Crippen molar-refractivity contribution in [1.82, 2.24) is 4.90 Å². The van der Waals surface area contributed by atoms with E-state index in [1.165, 1.54) is 0 Å². The Hall–Kier alpha value is -1.59. The van der Waals surface area contributed by atoms with Gasteiger partial charge in [0.1, 0.15) is 6.10 Å². The van der Waals surface area contributed by atoms with Gasteiger partial charge in [-0.25, -0.2) is 0 Å². The number of hydrogen-bond donors (Lipinski definition) is 1. The summed E-state index contributed by atoms with van der Waals surface area (Å²) >= 11 is 5.82. The Morgan fingerprint density at radius 3 is 2.39 bits per heavy atom. The molecule has 0 aromatic heterocycles. The summed E-state index contributed by atoms with van der Waals surface area (Å²) in [7, 11) is 0. The summed E-state index contributed by atoms with van der Waals surface area (Å²) in [4.78, 5) is 26.2. The standard InChI is InChI=1S/C17H25ClN2O3/c1-4-11-20(17(22)15(5-2)23-6-3)12-16(21)19-14-9-7-13(18)8-10-14/h7-10,15H,4-6,11-12H2,1-3H3,(H,19,21). The van der Waals surface area contributed by atoms with Crippen molar-refractivity contribution in [3.63, 3.8) is 0 Å². The average Bonchev–Trinajstić information content (AvgIpc) is 2.53. The van der Waals surface area contributed by atoms with Crippen LogP contribution in [-0.2, 0) is 14.3 Å². The average molecular weight is 341 g/mol. The third-order valence-electron chi connectivity index (χ3n) is 3.28. The number of rotatable bonds is 9. The number of carbonyl (C=O) groups excluding carboxylic acids is 2. The van der Waals surface area contributed by atoms with Gasteiger partial charge in [-0.2, -0.15) is 0 Å². The van der Waals surface area contributed by atoms with E-state index in [1.54, 1.807) is 29.2 Å². The molecule has 0 aliphatic carbocycles. The maximum atomic E-state index is 12.5. The molecule has 0 saturated heterocycles. The van der Waals surface area contributed by atoms with E-state index < -0.39 is 6.10 Å². The van der Waals surface area contributed by atoms with Crippen molar-refractivity contribution >= 4 is 29.1 Å². The third kappa shape index (κ3) is 6.59. The molecule has 0 heterocycles. The van der Waals surface area contributed by atoms with Gasteiger partial charge in [0.15, 0.2) is 0 Å². The predicted molar refractivity (Wildman–Crippen MR) is 92.7 cm³/mol. The minimum atomic E-state index is -0.491. The van der Waals surface area contributed by atoms with Crippen LogP contribution >= 0.6 is 11.6 Å². The maximum absolute atomic E-state index is 12.5. The van der Waals surface area contributed by atoms with Gasteiger partial charge >= 0.3 is 0 Å². The van der Waals surface area contributed by atoms with Crippen LogP contribution in [0.2, 0.25) is 5.02 Å². The number of anilines is 1. The van der Waals surface area contributed by atoms with Crippen molar-refractivity contribution in [2.24, 2.45) is 0 Å². The van der Waals surface area contributed by atoms with Crippen LogP contribution in [0, 0.1) is 0 Å². The van der Waals surface area contributed by atoms with Crippen LogP contribution in [0.25, 0.3) is 0 Å². The first-order valence-corrected chi connectivity index (χ1v) is 8.35. The third-order valence-corrected chi connectivity index (χ3v) is 3.53. The largest absolute Gasteiger partial charge is 0.369 e. The van der Waals surface area contributed by atoms with Gasteiger partial charge < -0.3 is 15.0 Å². The zero-order valence-electron chi connectivity index (χ0n) is 14.0. The zero-order valence-corrected chi connectivity index (χ0v) is 14.7. The second-order valence-electron chi connectivity index (χ2n) is 5.17. The van der Waals surface area contributed by atoms with E-state index in [9.17, 15) is 9.59 Å².